The molecule has 1 fully saturated rings. The molecule has 44 heavy (non-hydrogen) atoms. The smallest absolute Gasteiger partial charge is 0.254 e. The Balaban J connectivity index is 1.20. The van der Waals surface area contributed by atoms with Crippen molar-refractivity contribution in [1.29, 1.82) is 0 Å². The number of nitrogens with zero attached hydrogens (tertiary/aromatic N) is 4. The molecule has 1 atom stereocenters. The van der Waals surface area contributed by atoms with Crippen molar-refractivity contribution in [2.75, 3.05) is 47.4 Å². The van der Waals surface area contributed by atoms with Gasteiger partial charge in [-0.2, -0.15) is 0 Å². The fraction of sp³-hybridized carbons (Fsp3) is 0.444. The minimum atomic E-state index is -0.234. The topological polar surface area (TPSA) is 76.6 Å². The number of hydrogen-bond donors (Lipinski definition) is 1. The molecule has 0 aromatic heterocycles. The first kappa shape index (κ1) is 31.5. The molecule has 0 bridgehead atoms. The molecular formula is C36H46N4O4. The van der Waals surface area contributed by atoms with E-state index in [0.29, 0.717) is 38.3 Å². The summed E-state index contributed by atoms with van der Waals surface area (Å²) in [6, 6.07) is 21.5. The first-order valence-electron chi connectivity index (χ1n) is 15.6. The highest BCUT2D eigenvalue weighted by Crippen LogP contribution is 2.35. The number of aromatic hydroxyl groups is 1. The van der Waals surface area contributed by atoms with Crippen molar-refractivity contribution in [3.63, 3.8) is 0 Å². The number of amides is 2. The lowest BCUT2D eigenvalue weighted by molar-refractivity contribution is -0.137. The zero-order valence-electron chi connectivity index (χ0n) is 26.8. The summed E-state index contributed by atoms with van der Waals surface area (Å²) in [7, 11) is 5.48. The normalized spacial score (nSPS) is 16.2. The molecule has 8 heteroatoms. The first-order valence-corrected chi connectivity index (χ1v) is 15.6. The molecule has 2 aliphatic rings. The Bertz CT molecular complexity index is 1460. The molecule has 2 heterocycles. The predicted octanol–water partition coefficient (Wildman–Crippen LogP) is 4.59. The van der Waals surface area contributed by atoms with Crippen LogP contribution >= 0.6 is 0 Å². The van der Waals surface area contributed by atoms with Gasteiger partial charge in [-0.05, 0) is 87.7 Å². The van der Waals surface area contributed by atoms with Crippen LogP contribution < -0.4 is 4.74 Å². The van der Waals surface area contributed by atoms with E-state index >= 15 is 0 Å². The highest BCUT2D eigenvalue weighted by atomic mass is 16.5. The van der Waals surface area contributed by atoms with E-state index in [0.717, 1.165) is 48.2 Å². The average molecular weight is 599 g/mol. The van der Waals surface area contributed by atoms with Gasteiger partial charge in [0.05, 0.1) is 13.2 Å². The van der Waals surface area contributed by atoms with Gasteiger partial charge in [0, 0.05) is 50.4 Å². The molecule has 0 saturated carbocycles. The lowest BCUT2D eigenvalue weighted by Gasteiger charge is -2.38. The van der Waals surface area contributed by atoms with Gasteiger partial charge in [0.25, 0.3) is 5.91 Å². The number of likely N-dealkylation sites (N-methyl/N-ethyl adjacent to an activating group) is 1. The summed E-state index contributed by atoms with van der Waals surface area (Å²) in [5.41, 5.74) is 5.27. The van der Waals surface area contributed by atoms with E-state index in [1.165, 1.54) is 5.56 Å². The second-order valence-corrected chi connectivity index (χ2v) is 12.9. The molecule has 3 aromatic carbocycles. The molecule has 0 spiro atoms. The number of fused-ring (bicyclic) bond motifs is 1. The average Bonchev–Trinajstić information content (AvgIpc) is 3.49. The van der Waals surface area contributed by atoms with Gasteiger partial charge in [-0.3, -0.25) is 19.4 Å². The molecule has 5 rings (SSSR count). The quantitative estimate of drug-likeness (QED) is 0.368. The maximum Gasteiger partial charge on any atom is 0.254 e. The SMILES string of the molecule is COc1cc(CCC(C)(C)N2Cc3cccc(C(=O)N4CCN(C(=O)C(Cc5ccccc5)N(C)C)CC4)c3C2)ccc1O. The van der Waals surface area contributed by atoms with Gasteiger partial charge < -0.3 is 19.6 Å². The molecule has 2 aliphatic heterocycles. The molecule has 0 radical (unpaired) electrons. The van der Waals surface area contributed by atoms with Gasteiger partial charge in [-0.1, -0.05) is 48.5 Å². The van der Waals surface area contributed by atoms with Crippen molar-refractivity contribution in [2.45, 2.75) is 57.8 Å². The minimum Gasteiger partial charge on any atom is -0.504 e. The largest absolute Gasteiger partial charge is 0.504 e. The fourth-order valence-electron chi connectivity index (χ4n) is 6.38. The molecule has 1 saturated heterocycles. The van der Waals surface area contributed by atoms with E-state index in [4.69, 9.17) is 4.74 Å². The summed E-state index contributed by atoms with van der Waals surface area (Å²) in [4.78, 5) is 35.6. The van der Waals surface area contributed by atoms with Gasteiger partial charge in [0.1, 0.15) is 0 Å². The van der Waals surface area contributed by atoms with E-state index in [-0.39, 0.29) is 29.1 Å². The lowest BCUT2D eigenvalue weighted by Crippen LogP contribution is -2.55. The van der Waals surface area contributed by atoms with Crippen molar-refractivity contribution < 1.29 is 19.4 Å². The minimum absolute atomic E-state index is 0.0539. The lowest BCUT2D eigenvalue weighted by atomic mass is 9.93. The standard InChI is InChI=1S/C36H46N4O4/c1-36(2,17-16-27-14-15-32(41)33(23-27)44-5)40-24-28-12-9-13-29(30(28)25-40)34(42)38-18-20-39(21-19-38)35(43)31(37(3)4)22-26-10-7-6-8-11-26/h6-15,23,31,41H,16-22,24-25H2,1-5H3. The van der Waals surface area contributed by atoms with Gasteiger partial charge in [0.15, 0.2) is 11.5 Å². The number of benzene rings is 3. The van der Waals surface area contributed by atoms with Crippen LogP contribution in [0.3, 0.4) is 0 Å². The summed E-state index contributed by atoms with van der Waals surface area (Å²) in [5, 5.41) is 9.95. The summed E-state index contributed by atoms with van der Waals surface area (Å²) in [5.74, 6) is 0.817. The maximum atomic E-state index is 13.8. The van der Waals surface area contributed by atoms with Crippen LogP contribution in [0.15, 0.2) is 66.7 Å². The molecule has 1 N–H and O–H groups in total. The number of rotatable bonds is 10. The fourth-order valence-corrected chi connectivity index (χ4v) is 6.38. The molecule has 3 aromatic rings. The molecular weight excluding hydrogens is 552 g/mol. The Labute approximate surface area is 261 Å². The number of hydrogen-bond acceptors (Lipinski definition) is 6. The van der Waals surface area contributed by atoms with Crippen molar-refractivity contribution in [3.05, 3.63) is 94.5 Å². The van der Waals surface area contributed by atoms with Crippen LogP contribution in [0.1, 0.15) is 52.9 Å². The number of methoxy groups -OCH3 is 1. The van der Waals surface area contributed by atoms with E-state index in [1.807, 2.05) is 71.3 Å². The van der Waals surface area contributed by atoms with Crippen LogP contribution in [0.2, 0.25) is 0 Å². The second-order valence-electron chi connectivity index (χ2n) is 12.9. The first-order chi connectivity index (χ1) is 21.1. The number of aryl methyl sites for hydroxylation is 1. The van der Waals surface area contributed by atoms with Crippen molar-refractivity contribution in [2.24, 2.45) is 0 Å². The van der Waals surface area contributed by atoms with Crippen molar-refractivity contribution in [3.8, 4) is 11.5 Å². The number of ether oxygens (including phenoxy) is 1. The zero-order chi connectivity index (χ0) is 31.4. The Kier molecular flexibility index (Phi) is 9.61. The summed E-state index contributed by atoms with van der Waals surface area (Å²) >= 11 is 0. The number of phenols is 1. The van der Waals surface area contributed by atoms with E-state index in [2.05, 4.69) is 36.9 Å². The van der Waals surface area contributed by atoms with Crippen LogP contribution in [-0.2, 0) is 30.7 Å². The van der Waals surface area contributed by atoms with Crippen LogP contribution in [0, 0.1) is 0 Å². The zero-order valence-corrected chi connectivity index (χ0v) is 26.8. The number of phenolic OH excluding ortho intramolecular Hbond substituents is 1. The van der Waals surface area contributed by atoms with Crippen LogP contribution in [-0.4, -0.2) is 95.5 Å². The Hall–Kier alpha value is -3.88. The van der Waals surface area contributed by atoms with Crippen molar-refractivity contribution in [1.82, 2.24) is 19.6 Å². The highest BCUT2D eigenvalue weighted by molar-refractivity contribution is 5.96. The second kappa shape index (κ2) is 13.4. The van der Waals surface area contributed by atoms with E-state index in [1.54, 1.807) is 13.2 Å². The molecule has 1 unspecified atom stereocenters. The van der Waals surface area contributed by atoms with Crippen LogP contribution in [0.4, 0.5) is 0 Å². The Morgan fingerprint density at radius 2 is 1.61 bits per heavy atom. The Morgan fingerprint density at radius 3 is 2.30 bits per heavy atom. The monoisotopic (exact) mass is 598 g/mol. The maximum absolute atomic E-state index is 13.8. The number of carbonyl (C=O) groups is 2. The van der Waals surface area contributed by atoms with Gasteiger partial charge in [-0.15, -0.1) is 0 Å². The molecule has 234 valence electrons. The summed E-state index contributed by atoms with van der Waals surface area (Å²) < 4.78 is 5.29. The Morgan fingerprint density at radius 1 is 0.909 bits per heavy atom. The van der Waals surface area contributed by atoms with Crippen molar-refractivity contribution >= 4 is 11.8 Å². The van der Waals surface area contributed by atoms with Crippen LogP contribution in [0.25, 0.3) is 0 Å². The van der Waals surface area contributed by atoms with Gasteiger partial charge >= 0.3 is 0 Å². The third kappa shape index (κ3) is 6.92. The third-order valence-corrected chi connectivity index (χ3v) is 9.40. The van der Waals surface area contributed by atoms with Gasteiger partial charge in [-0.25, -0.2) is 0 Å². The number of carbonyl (C=O) groups excluding carboxylic acids is 2. The van der Waals surface area contributed by atoms with Gasteiger partial charge in [0.2, 0.25) is 5.91 Å². The molecule has 8 nitrogen and oxygen atoms in total. The highest BCUT2D eigenvalue weighted by Gasteiger charge is 2.35. The number of piperazine rings is 1. The van der Waals surface area contributed by atoms with Crippen LogP contribution in [0.5, 0.6) is 11.5 Å². The van der Waals surface area contributed by atoms with E-state index < -0.39 is 0 Å². The predicted molar refractivity (Wildman–Crippen MR) is 173 cm³/mol. The molecule has 0 aliphatic carbocycles. The third-order valence-electron chi connectivity index (χ3n) is 9.40. The summed E-state index contributed by atoms with van der Waals surface area (Å²) in [6.45, 7) is 8.19. The van der Waals surface area contributed by atoms with E-state index in [9.17, 15) is 14.7 Å². The molecule has 2 amide bonds. The summed E-state index contributed by atoms with van der Waals surface area (Å²) in [6.07, 6.45) is 2.44.